The Morgan fingerprint density at radius 3 is 2.96 bits per heavy atom. The van der Waals surface area contributed by atoms with Crippen LogP contribution in [-0.2, 0) is 0 Å². The van der Waals surface area contributed by atoms with E-state index in [1.165, 1.54) is 0 Å². The molecule has 1 aromatic carbocycles. The van der Waals surface area contributed by atoms with Gasteiger partial charge in [-0.2, -0.15) is 0 Å². The molecule has 24 heavy (non-hydrogen) atoms. The van der Waals surface area contributed by atoms with Gasteiger partial charge in [0.1, 0.15) is 5.75 Å². The largest absolute Gasteiger partial charge is 0.495 e. The maximum atomic E-state index is 12.6. The van der Waals surface area contributed by atoms with Crippen molar-refractivity contribution >= 4 is 17.6 Å². The van der Waals surface area contributed by atoms with Crippen LogP contribution < -0.4 is 26.0 Å². The van der Waals surface area contributed by atoms with Gasteiger partial charge in [0.25, 0.3) is 5.91 Å². The van der Waals surface area contributed by atoms with E-state index in [1.54, 1.807) is 30.2 Å². The van der Waals surface area contributed by atoms with Crippen molar-refractivity contribution in [2.45, 2.75) is 25.3 Å². The molecule has 2 atom stereocenters. The van der Waals surface area contributed by atoms with Crippen molar-refractivity contribution in [1.29, 1.82) is 0 Å². The van der Waals surface area contributed by atoms with Crippen LogP contribution in [0.5, 0.6) is 5.75 Å². The first-order valence-electron chi connectivity index (χ1n) is 8.38. The number of carbonyl (C=O) groups excluding carboxylic acids is 2. The second kappa shape index (κ2) is 7.09. The Morgan fingerprint density at radius 2 is 2.29 bits per heavy atom. The number of hydrogen-bond donors (Lipinski definition) is 3. The maximum Gasteiger partial charge on any atom is 0.322 e. The highest BCUT2D eigenvalue weighted by Gasteiger charge is 2.29. The third-order valence-corrected chi connectivity index (χ3v) is 4.87. The number of urea groups is 1. The van der Waals surface area contributed by atoms with Crippen LogP contribution in [-0.4, -0.2) is 44.7 Å². The highest BCUT2D eigenvalue weighted by molar-refractivity contribution is 6.00. The van der Waals surface area contributed by atoms with E-state index >= 15 is 0 Å². The number of methoxy groups -OCH3 is 1. The molecule has 1 saturated carbocycles. The maximum absolute atomic E-state index is 12.6. The second-order valence-electron chi connectivity index (χ2n) is 6.28. The quantitative estimate of drug-likeness (QED) is 0.752. The molecule has 0 spiro atoms. The van der Waals surface area contributed by atoms with Gasteiger partial charge in [0.2, 0.25) is 0 Å². The molecule has 1 aliphatic heterocycles. The number of nitrogens with zero attached hydrogens (tertiary/aromatic N) is 1. The number of rotatable bonds is 5. The van der Waals surface area contributed by atoms with Crippen LogP contribution in [0, 0.1) is 5.92 Å². The van der Waals surface area contributed by atoms with Gasteiger partial charge in [0, 0.05) is 24.7 Å². The first-order valence-corrected chi connectivity index (χ1v) is 8.38. The average molecular weight is 332 g/mol. The number of nitrogens with one attached hydrogen (secondary N) is 2. The van der Waals surface area contributed by atoms with Gasteiger partial charge in [-0.3, -0.25) is 9.69 Å². The second-order valence-corrected chi connectivity index (χ2v) is 6.28. The summed E-state index contributed by atoms with van der Waals surface area (Å²) in [7, 11) is 1.55. The Labute approximate surface area is 141 Å². The molecule has 1 heterocycles. The molecule has 7 nitrogen and oxygen atoms in total. The highest BCUT2D eigenvalue weighted by atomic mass is 16.5. The van der Waals surface area contributed by atoms with Crippen LogP contribution in [0.4, 0.5) is 10.5 Å². The van der Waals surface area contributed by atoms with E-state index in [2.05, 4.69) is 10.6 Å². The zero-order chi connectivity index (χ0) is 17.1. The lowest BCUT2D eigenvalue weighted by molar-refractivity contribution is 0.0928. The van der Waals surface area contributed by atoms with Crippen molar-refractivity contribution in [2.75, 3.05) is 31.6 Å². The molecule has 0 radical (unpaired) electrons. The summed E-state index contributed by atoms with van der Waals surface area (Å²) in [6, 6.07) is 5.11. The van der Waals surface area contributed by atoms with Gasteiger partial charge < -0.3 is 21.1 Å². The molecule has 4 N–H and O–H groups in total. The number of benzene rings is 1. The number of nitrogens with two attached hydrogens (primary N) is 1. The molecule has 0 aromatic heterocycles. The van der Waals surface area contributed by atoms with Gasteiger partial charge in [0.05, 0.1) is 12.8 Å². The highest BCUT2D eigenvalue weighted by Crippen LogP contribution is 2.31. The number of hydrogen-bond acceptors (Lipinski definition) is 4. The molecule has 0 bridgehead atoms. The summed E-state index contributed by atoms with van der Waals surface area (Å²) in [4.78, 5) is 26.1. The van der Waals surface area contributed by atoms with Crippen molar-refractivity contribution in [3.63, 3.8) is 0 Å². The van der Waals surface area contributed by atoms with Gasteiger partial charge in [-0.25, -0.2) is 4.79 Å². The molecule has 3 rings (SSSR count). The number of carbonyl (C=O) groups is 2. The van der Waals surface area contributed by atoms with Crippen LogP contribution in [0.2, 0.25) is 0 Å². The van der Waals surface area contributed by atoms with Crippen molar-refractivity contribution in [2.24, 2.45) is 11.7 Å². The van der Waals surface area contributed by atoms with Crippen molar-refractivity contribution in [1.82, 2.24) is 10.6 Å². The predicted molar refractivity (Wildman–Crippen MR) is 91.4 cm³/mol. The van der Waals surface area contributed by atoms with Gasteiger partial charge in [0.15, 0.2) is 0 Å². The van der Waals surface area contributed by atoms with E-state index in [1.807, 2.05) is 0 Å². The minimum atomic E-state index is -0.176. The zero-order valence-corrected chi connectivity index (χ0v) is 13.9. The van der Waals surface area contributed by atoms with Gasteiger partial charge in [-0.1, -0.05) is 6.42 Å². The van der Waals surface area contributed by atoms with Crippen LogP contribution in [0.1, 0.15) is 29.6 Å². The smallest absolute Gasteiger partial charge is 0.322 e. The molecule has 2 fully saturated rings. The lowest BCUT2D eigenvalue weighted by atomic mass is 10.0. The molecule has 1 aromatic rings. The van der Waals surface area contributed by atoms with E-state index in [9.17, 15) is 9.59 Å². The third-order valence-electron chi connectivity index (χ3n) is 4.87. The fourth-order valence-corrected chi connectivity index (χ4v) is 3.50. The van der Waals surface area contributed by atoms with E-state index < -0.39 is 0 Å². The SMILES string of the molecule is COc1ccc(C(=O)N[C@@H]2CCC[C@@H]2CN)cc1N1CCNC1=O. The molecule has 3 amide bonds. The number of amides is 3. The minimum absolute atomic E-state index is 0.128. The Hall–Kier alpha value is -2.28. The standard InChI is InChI=1S/C17H24N4O3/c1-24-15-6-5-11(9-14(15)21-8-7-19-17(21)23)16(22)20-13-4-2-3-12(13)10-18/h5-6,9,12-13H,2-4,7-8,10,18H2,1H3,(H,19,23)(H,20,22)/t12-,13-/m1/s1. The molecular weight excluding hydrogens is 308 g/mol. The Morgan fingerprint density at radius 1 is 1.46 bits per heavy atom. The lowest BCUT2D eigenvalue weighted by Crippen LogP contribution is -2.40. The lowest BCUT2D eigenvalue weighted by Gasteiger charge is -2.21. The normalized spacial score (nSPS) is 23.2. The number of ether oxygens (including phenoxy) is 1. The first kappa shape index (κ1) is 16.6. The molecule has 1 saturated heterocycles. The minimum Gasteiger partial charge on any atom is -0.495 e. The fourth-order valence-electron chi connectivity index (χ4n) is 3.50. The molecule has 7 heteroatoms. The molecule has 0 unspecified atom stereocenters. The first-order chi connectivity index (χ1) is 11.6. The predicted octanol–water partition coefficient (Wildman–Crippen LogP) is 1.08. The Balaban J connectivity index is 1.80. The third kappa shape index (κ3) is 3.17. The summed E-state index contributed by atoms with van der Waals surface area (Å²) < 4.78 is 5.34. The zero-order valence-electron chi connectivity index (χ0n) is 13.9. The monoisotopic (exact) mass is 332 g/mol. The van der Waals surface area contributed by atoms with Gasteiger partial charge >= 0.3 is 6.03 Å². The molecule has 1 aliphatic carbocycles. The summed E-state index contributed by atoms with van der Waals surface area (Å²) in [6.45, 7) is 1.73. The summed E-state index contributed by atoms with van der Waals surface area (Å²) in [5, 5.41) is 5.84. The van der Waals surface area contributed by atoms with E-state index in [0.29, 0.717) is 42.6 Å². The van der Waals surface area contributed by atoms with Gasteiger partial charge in [-0.15, -0.1) is 0 Å². The van der Waals surface area contributed by atoms with Crippen LogP contribution in [0.15, 0.2) is 18.2 Å². The van der Waals surface area contributed by atoms with Gasteiger partial charge in [-0.05, 0) is 43.5 Å². The van der Waals surface area contributed by atoms with Crippen molar-refractivity contribution < 1.29 is 14.3 Å². The average Bonchev–Trinajstić information content (AvgIpc) is 3.22. The summed E-state index contributed by atoms with van der Waals surface area (Å²) in [5.41, 5.74) is 6.91. The topological polar surface area (TPSA) is 96.7 Å². The summed E-state index contributed by atoms with van der Waals surface area (Å²) >= 11 is 0. The number of anilines is 1. The van der Waals surface area contributed by atoms with Crippen LogP contribution in [0.25, 0.3) is 0 Å². The van der Waals surface area contributed by atoms with E-state index in [-0.39, 0.29) is 18.0 Å². The molecular formula is C17H24N4O3. The summed E-state index contributed by atoms with van der Waals surface area (Å²) in [5.74, 6) is 0.782. The van der Waals surface area contributed by atoms with Crippen LogP contribution >= 0.6 is 0 Å². The van der Waals surface area contributed by atoms with E-state index in [0.717, 1.165) is 19.3 Å². The van der Waals surface area contributed by atoms with Crippen LogP contribution in [0.3, 0.4) is 0 Å². The molecule has 2 aliphatic rings. The fraction of sp³-hybridized carbons (Fsp3) is 0.529. The Bertz CT molecular complexity index is 634. The Kier molecular flexibility index (Phi) is 4.89. The summed E-state index contributed by atoms with van der Waals surface area (Å²) in [6.07, 6.45) is 3.11. The van der Waals surface area contributed by atoms with E-state index in [4.69, 9.17) is 10.5 Å². The van der Waals surface area contributed by atoms with Crippen molar-refractivity contribution in [3.8, 4) is 5.75 Å². The molecule has 130 valence electrons. The van der Waals surface area contributed by atoms with Crippen molar-refractivity contribution in [3.05, 3.63) is 23.8 Å².